The van der Waals surface area contributed by atoms with Crippen LogP contribution in [-0.2, 0) is 33.0 Å². The SMILES string of the molecule is C[C@H]1[C@H]([Si](C)(C)F)[C@@H](CCn2cc(C(CO)c3ccccc3)nn2)O[C@]12C(=O)N(Cc1ccc(N3CCOC3=O)cc1)c1ccccc12. The molecule has 0 aliphatic carbocycles. The quantitative estimate of drug-likeness (QED) is 0.169. The molecule has 3 aliphatic heterocycles. The van der Waals surface area contributed by atoms with E-state index in [0.717, 1.165) is 28.1 Å². The monoisotopic (exact) mass is 669 g/mol. The Morgan fingerprint density at radius 2 is 1.77 bits per heavy atom. The summed E-state index contributed by atoms with van der Waals surface area (Å²) in [6.07, 6.45) is 1.39. The van der Waals surface area contributed by atoms with Gasteiger partial charge in [0, 0.05) is 35.5 Å². The molecule has 1 unspecified atom stereocenters. The lowest BCUT2D eigenvalue weighted by Gasteiger charge is -2.31. The number of aliphatic hydroxyl groups excluding tert-OH is 1. The number of nitrogens with zero attached hydrogens (tertiary/aromatic N) is 5. The van der Waals surface area contributed by atoms with Gasteiger partial charge in [-0.25, -0.2) is 4.79 Å². The Morgan fingerprint density at radius 3 is 2.46 bits per heavy atom. The molecular weight excluding hydrogens is 630 g/mol. The van der Waals surface area contributed by atoms with E-state index in [1.807, 2.05) is 92.0 Å². The number of carbonyl (C=O) groups excluding carboxylic acids is 2. The number of fused-ring (bicyclic) bond motifs is 2. The standard InChI is InChI=1S/C36H40FN5O5Si/c1-24-33(48(2,3)37)32(17-18-40-22-30(38-39-40)28(23-43)26-9-5-4-6-10-26)47-36(24)29-11-7-8-12-31(29)42(34(36)44)21-25-13-15-27(16-14-25)41-19-20-46-35(41)45/h4-16,22,24,28,32-33,43H,17-21,23H2,1-3H3/t24-,28?,32+,33-,36+/m0/s1. The minimum atomic E-state index is -3.33. The fourth-order valence-electron chi connectivity index (χ4n) is 7.92. The number of para-hydroxylation sites is 1. The van der Waals surface area contributed by atoms with Gasteiger partial charge in [0.15, 0.2) is 5.60 Å². The van der Waals surface area contributed by atoms with Gasteiger partial charge >= 0.3 is 6.09 Å². The topological polar surface area (TPSA) is 110 Å². The van der Waals surface area contributed by atoms with E-state index in [1.165, 1.54) is 0 Å². The lowest BCUT2D eigenvalue weighted by atomic mass is 9.82. The molecule has 1 spiro atoms. The number of aryl methyl sites for hydroxylation is 1. The largest absolute Gasteiger partial charge is 0.447 e. The molecule has 2 saturated heterocycles. The number of carbonyl (C=O) groups is 2. The van der Waals surface area contributed by atoms with Crippen molar-refractivity contribution < 1.29 is 28.3 Å². The average molecular weight is 670 g/mol. The number of cyclic esters (lactones) is 1. The highest BCUT2D eigenvalue weighted by Crippen LogP contribution is 2.60. The average Bonchev–Trinajstić information content (AvgIpc) is 3.85. The number of hydrogen-bond acceptors (Lipinski definition) is 7. The van der Waals surface area contributed by atoms with Gasteiger partial charge in [0.05, 0.1) is 43.1 Å². The Morgan fingerprint density at radius 1 is 1.04 bits per heavy atom. The smallest absolute Gasteiger partial charge is 0.414 e. The molecule has 10 nitrogen and oxygen atoms in total. The number of anilines is 2. The van der Waals surface area contributed by atoms with Gasteiger partial charge in [-0.15, -0.1) is 5.10 Å². The number of benzene rings is 3. The van der Waals surface area contributed by atoms with Crippen LogP contribution in [0.2, 0.25) is 18.6 Å². The molecule has 2 amide bonds. The molecule has 3 aliphatic rings. The van der Waals surface area contributed by atoms with E-state index in [2.05, 4.69) is 10.3 Å². The summed E-state index contributed by atoms with van der Waals surface area (Å²) in [7, 11) is -3.33. The third-order valence-corrected chi connectivity index (χ3v) is 12.6. The summed E-state index contributed by atoms with van der Waals surface area (Å²) in [5.41, 5.74) is 3.01. The second kappa shape index (κ2) is 12.6. The molecule has 4 aromatic rings. The number of rotatable bonds is 10. The maximum absolute atomic E-state index is 16.3. The van der Waals surface area contributed by atoms with Crippen molar-refractivity contribution in [3.05, 3.63) is 107 Å². The van der Waals surface area contributed by atoms with Crippen LogP contribution < -0.4 is 9.80 Å². The predicted octanol–water partition coefficient (Wildman–Crippen LogP) is 5.77. The molecule has 1 N–H and O–H groups in total. The van der Waals surface area contributed by atoms with Crippen LogP contribution >= 0.6 is 0 Å². The van der Waals surface area contributed by atoms with Crippen LogP contribution in [-0.4, -0.2) is 66.4 Å². The maximum Gasteiger partial charge on any atom is 0.414 e. The lowest BCUT2D eigenvalue weighted by molar-refractivity contribution is -0.146. The summed E-state index contributed by atoms with van der Waals surface area (Å²) in [6, 6.07) is 24.9. The zero-order valence-electron chi connectivity index (χ0n) is 27.3. The Labute approximate surface area is 280 Å². The summed E-state index contributed by atoms with van der Waals surface area (Å²) in [6.45, 7) is 6.84. The van der Waals surface area contributed by atoms with Gasteiger partial charge in [-0.3, -0.25) is 14.4 Å². The highest BCUT2D eigenvalue weighted by atomic mass is 28.4. The Balaban J connectivity index is 1.13. The van der Waals surface area contributed by atoms with Crippen molar-refractivity contribution in [1.29, 1.82) is 0 Å². The maximum atomic E-state index is 16.3. The Bertz CT molecular complexity index is 1800. The van der Waals surface area contributed by atoms with E-state index < -0.39 is 31.6 Å². The summed E-state index contributed by atoms with van der Waals surface area (Å²) in [5.74, 6) is -0.896. The zero-order chi connectivity index (χ0) is 33.6. The minimum absolute atomic E-state index is 0.104. The molecule has 0 radical (unpaired) electrons. The van der Waals surface area contributed by atoms with Crippen molar-refractivity contribution in [2.45, 2.75) is 62.7 Å². The molecular formula is C36H40FN5O5Si. The van der Waals surface area contributed by atoms with E-state index in [9.17, 15) is 14.7 Å². The third kappa shape index (κ3) is 5.51. The van der Waals surface area contributed by atoms with Crippen LogP contribution in [0.5, 0.6) is 0 Å². The van der Waals surface area contributed by atoms with Crippen LogP contribution in [0.3, 0.4) is 0 Å². The first kappa shape index (κ1) is 32.2. The molecule has 3 aromatic carbocycles. The van der Waals surface area contributed by atoms with Crippen LogP contribution in [0.15, 0.2) is 85.1 Å². The normalized spacial score (nSPS) is 24.4. The molecule has 12 heteroatoms. The predicted molar refractivity (Wildman–Crippen MR) is 181 cm³/mol. The fourth-order valence-corrected chi connectivity index (χ4v) is 10.5. The first-order valence-electron chi connectivity index (χ1n) is 16.5. The summed E-state index contributed by atoms with van der Waals surface area (Å²) < 4.78 is 29.9. The van der Waals surface area contributed by atoms with E-state index in [0.29, 0.717) is 38.4 Å². The molecule has 1 aromatic heterocycles. The van der Waals surface area contributed by atoms with Crippen molar-refractivity contribution in [2.75, 3.05) is 29.6 Å². The Kier molecular flexibility index (Phi) is 8.42. The van der Waals surface area contributed by atoms with Crippen LogP contribution in [0.4, 0.5) is 20.3 Å². The van der Waals surface area contributed by atoms with Crippen LogP contribution in [0.1, 0.15) is 41.6 Å². The van der Waals surface area contributed by atoms with Gasteiger partial charge < -0.3 is 23.6 Å². The summed E-state index contributed by atoms with van der Waals surface area (Å²) in [5, 5.41) is 18.8. The van der Waals surface area contributed by atoms with Gasteiger partial charge in [-0.05, 0) is 48.8 Å². The zero-order valence-corrected chi connectivity index (χ0v) is 28.3. The highest BCUT2D eigenvalue weighted by molar-refractivity contribution is 6.72. The first-order chi connectivity index (χ1) is 23.1. The van der Waals surface area contributed by atoms with Crippen molar-refractivity contribution in [1.82, 2.24) is 15.0 Å². The van der Waals surface area contributed by atoms with Crippen LogP contribution in [0, 0.1) is 5.92 Å². The van der Waals surface area contributed by atoms with E-state index in [1.54, 1.807) is 27.6 Å². The van der Waals surface area contributed by atoms with E-state index in [-0.39, 0.29) is 24.5 Å². The van der Waals surface area contributed by atoms with Crippen molar-refractivity contribution in [2.24, 2.45) is 5.92 Å². The summed E-state index contributed by atoms with van der Waals surface area (Å²) >= 11 is 0. The molecule has 7 rings (SSSR count). The van der Waals surface area contributed by atoms with Gasteiger partial charge in [-0.1, -0.05) is 72.8 Å². The molecule has 4 heterocycles. The van der Waals surface area contributed by atoms with Gasteiger partial charge in [0.25, 0.3) is 5.91 Å². The third-order valence-electron chi connectivity index (χ3n) is 10.2. The minimum Gasteiger partial charge on any atom is -0.447 e. The van der Waals surface area contributed by atoms with Crippen molar-refractivity contribution in [3.8, 4) is 0 Å². The summed E-state index contributed by atoms with van der Waals surface area (Å²) in [4.78, 5) is 30.0. The van der Waals surface area contributed by atoms with Crippen molar-refractivity contribution >= 4 is 31.8 Å². The highest BCUT2D eigenvalue weighted by Gasteiger charge is 2.66. The van der Waals surface area contributed by atoms with E-state index >= 15 is 4.11 Å². The first-order valence-corrected chi connectivity index (χ1v) is 19.4. The van der Waals surface area contributed by atoms with Crippen molar-refractivity contribution in [3.63, 3.8) is 0 Å². The van der Waals surface area contributed by atoms with Gasteiger partial charge in [0.1, 0.15) is 6.61 Å². The van der Waals surface area contributed by atoms with E-state index in [4.69, 9.17) is 9.47 Å². The van der Waals surface area contributed by atoms with Gasteiger partial charge in [0.2, 0.25) is 8.41 Å². The number of ether oxygens (including phenoxy) is 2. The number of halogens is 1. The Hall–Kier alpha value is -4.39. The molecule has 2 fully saturated rings. The molecule has 48 heavy (non-hydrogen) atoms. The number of aliphatic hydroxyl groups is 1. The molecule has 0 saturated carbocycles. The number of amides is 2. The molecule has 0 bridgehead atoms. The lowest BCUT2D eigenvalue weighted by Crippen LogP contribution is -2.45. The number of hydrogen-bond donors (Lipinski definition) is 1. The van der Waals surface area contributed by atoms with Gasteiger partial charge in [-0.2, -0.15) is 0 Å². The second-order valence-corrected chi connectivity index (χ2v) is 17.2. The van der Waals surface area contributed by atoms with Crippen LogP contribution in [0.25, 0.3) is 0 Å². The second-order valence-electron chi connectivity index (χ2n) is 13.5. The molecule has 250 valence electrons. The number of aromatic nitrogens is 3. The molecule has 5 atom stereocenters. The fraction of sp³-hybridized carbons (Fsp3) is 0.389.